The summed E-state index contributed by atoms with van der Waals surface area (Å²) in [7, 11) is 0. The number of hydrogen-bond donors (Lipinski definition) is 1. The van der Waals surface area contributed by atoms with E-state index in [4.69, 9.17) is 0 Å². The molecule has 2 amide bonds. The van der Waals surface area contributed by atoms with Gasteiger partial charge in [-0.05, 0) is 41.4 Å². The Morgan fingerprint density at radius 1 is 1.35 bits per heavy atom. The van der Waals surface area contributed by atoms with Crippen molar-refractivity contribution < 1.29 is 14.1 Å². The number of anilines is 1. The summed E-state index contributed by atoms with van der Waals surface area (Å²) < 4.78 is 5.37. The molecule has 1 N–H and O–H groups in total. The van der Waals surface area contributed by atoms with Crippen LogP contribution in [0.1, 0.15) is 30.6 Å². The fraction of sp³-hybridized carbons (Fsp3) is 0.312. The van der Waals surface area contributed by atoms with Gasteiger partial charge in [0.1, 0.15) is 12.8 Å². The third kappa shape index (κ3) is 4.41. The zero-order valence-electron chi connectivity index (χ0n) is 13.0. The zero-order valence-corrected chi connectivity index (χ0v) is 14.5. The lowest BCUT2D eigenvalue weighted by atomic mass is 10.1. The van der Waals surface area contributed by atoms with E-state index < -0.39 is 0 Å². The average molecular weight is 380 g/mol. The first-order valence-electron chi connectivity index (χ1n) is 7.28. The van der Waals surface area contributed by atoms with Gasteiger partial charge in [-0.25, -0.2) is 0 Å². The largest absolute Gasteiger partial charge is 0.363 e. The molecule has 7 heteroatoms. The third-order valence-electron chi connectivity index (χ3n) is 3.51. The molecule has 0 unspecified atom stereocenters. The summed E-state index contributed by atoms with van der Waals surface area (Å²) in [5.41, 5.74) is 0.530. The van der Waals surface area contributed by atoms with E-state index in [9.17, 15) is 9.59 Å². The van der Waals surface area contributed by atoms with Crippen LogP contribution in [0.2, 0.25) is 0 Å². The Bertz CT molecular complexity index is 673. The molecule has 0 aliphatic rings. The number of nitrogens with one attached hydrogen (secondary N) is 1. The number of carbonyl (C=O) groups excluding carboxylic acids is 2. The van der Waals surface area contributed by atoms with E-state index >= 15 is 0 Å². The maximum absolute atomic E-state index is 12.8. The molecule has 0 saturated carbocycles. The summed E-state index contributed by atoms with van der Waals surface area (Å²) in [5.74, 6) is -0.186. The van der Waals surface area contributed by atoms with Crippen LogP contribution in [-0.4, -0.2) is 34.5 Å². The number of benzene rings is 1. The maximum Gasteiger partial charge on any atom is 0.255 e. The van der Waals surface area contributed by atoms with Crippen molar-refractivity contribution in [3.05, 3.63) is 46.6 Å². The number of halogens is 1. The molecule has 0 aliphatic heterocycles. The average Bonchev–Trinajstić information content (AvgIpc) is 3.04. The highest BCUT2D eigenvalue weighted by molar-refractivity contribution is 9.10. The van der Waals surface area contributed by atoms with Crippen molar-refractivity contribution in [2.45, 2.75) is 26.3 Å². The first-order chi connectivity index (χ1) is 11.0. The smallest absolute Gasteiger partial charge is 0.255 e. The molecule has 6 nitrogen and oxygen atoms in total. The second-order valence-electron chi connectivity index (χ2n) is 5.10. The van der Waals surface area contributed by atoms with Crippen LogP contribution in [0.15, 0.2) is 45.6 Å². The van der Waals surface area contributed by atoms with E-state index in [-0.39, 0.29) is 24.4 Å². The number of rotatable bonds is 6. The quantitative estimate of drug-likeness (QED) is 0.834. The van der Waals surface area contributed by atoms with E-state index in [0.29, 0.717) is 15.9 Å². The van der Waals surface area contributed by atoms with E-state index in [1.807, 2.05) is 19.9 Å². The number of aromatic nitrogens is 1. The van der Waals surface area contributed by atoms with Crippen molar-refractivity contribution >= 4 is 33.6 Å². The lowest BCUT2D eigenvalue weighted by molar-refractivity contribution is -0.117. The summed E-state index contributed by atoms with van der Waals surface area (Å²) in [4.78, 5) is 26.5. The number of hydrogen-bond acceptors (Lipinski definition) is 4. The van der Waals surface area contributed by atoms with E-state index in [1.165, 1.54) is 6.26 Å². The summed E-state index contributed by atoms with van der Waals surface area (Å²) in [6.45, 7) is 3.83. The van der Waals surface area contributed by atoms with E-state index in [1.54, 1.807) is 29.2 Å². The van der Waals surface area contributed by atoms with Crippen LogP contribution < -0.4 is 5.32 Å². The number of nitrogens with zero attached hydrogens (tertiary/aromatic N) is 2. The van der Waals surface area contributed by atoms with Gasteiger partial charge in [0.25, 0.3) is 5.91 Å². The Morgan fingerprint density at radius 2 is 2.09 bits per heavy atom. The normalized spacial score (nSPS) is 11.8. The van der Waals surface area contributed by atoms with Gasteiger partial charge < -0.3 is 14.7 Å². The van der Waals surface area contributed by atoms with Crippen molar-refractivity contribution in [1.29, 1.82) is 0 Å². The molecule has 1 atom stereocenters. The van der Waals surface area contributed by atoms with Crippen molar-refractivity contribution in [2.24, 2.45) is 0 Å². The molecule has 23 heavy (non-hydrogen) atoms. The molecule has 2 aromatic rings. The monoisotopic (exact) mass is 379 g/mol. The molecule has 0 spiro atoms. The Balaban J connectivity index is 2.15. The van der Waals surface area contributed by atoms with Crippen LogP contribution in [0.3, 0.4) is 0 Å². The SMILES string of the molecule is CC[C@@H](C)N(CC(=O)Nc1ccon1)C(=O)c1ccccc1Br. The molecule has 0 saturated heterocycles. The summed E-state index contributed by atoms with van der Waals surface area (Å²) in [6, 6.07) is 8.64. The van der Waals surface area contributed by atoms with Gasteiger partial charge in [0.15, 0.2) is 5.82 Å². The lowest BCUT2D eigenvalue weighted by Crippen LogP contribution is -2.43. The Hall–Kier alpha value is -2.15. The first-order valence-corrected chi connectivity index (χ1v) is 8.08. The van der Waals surface area contributed by atoms with Crippen LogP contribution in [0, 0.1) is 0 Å². The molecule has 1 aromatic heterocycles. The molecular weight excluding hydrogens is 362 g/mol. The molecule has 122 valence electrons. The van der Waals surface area contributed by atoms with Crippen LogP contribution in [0.25, 0.3) is 0 Å². The summed E-state index contributed by atoms with van der Waals surface area (Å²) in [5, 5.41) is 6.23. The maximum atomic E-state index is 12.8. The van der Waals surface area contributed by atoms with Gasteiger partial charge in [0, 0.05) is 16.6 Å². The molecule has 1 heterocycles. The molecule has 0 aliphatic carbocycles. The van der Waals surface area contributed by atoms with Crippen LogP contribution in [0.4, 0.5) is 5.82 Å². The first kappa shape index (κ1) is 17.2. The van der Waals surface area contributed by atoms with Gasteiger partial charge in [-0.3, -0.25) is 9.59 Å². The zero-order chi connectivity index (χ0) is 16.8. The second-order valence-corrected chi connectivity index (χ2v) is 5.96. The Labute approximate surface area is 143 Å². The Morgan fingerprint density at radius 3 is 2.70 bits per heavy atom. The summed E-state index contributed by atoms with van der Waals surface area (Å²) >= 11 is 3.38. The minimum absolute atomic E-state index is 0.0535. The highest BCUT2D eigenvalue weighted by atomic mass is 79.9. The van der Waals surface area contributed by atoms with Gasteiger partial charge in [0.05, 0.1) is 5.56 Å². The fourth-order valence-corrected chi connectivity index (χ4v) is 2.51. The molecule has 0 radical (unpaired) electrons. The summed E-state index contributed by atoms with van der Waals surface area (Å²) in [6.07, 6.45) is 2.11. The third-order valence-corrected chi connectivity index (χ3v) is 4.20. The predicted molar refractivity (Wildman–Crippen MR) is 90.1 cm³/mol. The van der Waals surface area contributed by atoms with E-state index in [0.717, 1.165) is 6.42 Å². The van der Waals surface area contributed by atoms with Gasteiger partial charge in [-0.15, -0.1) is 0 Å². The van der Waals surface area contributed by atoms with Gasteiger partial charge in [0.2, 0.25) is 5.91 Å². The minimum Gasteiger partial charge on any atom is -0.363 e. The Kier molecular flexibility index (Phi) is 5.92. The fourth-order valence-electron chi connectivity index (χ4n) is 2.05. The minimum atomic E-state index is -0.320. The molecule has 2 rings (SSSR count). The van der Waals surface area contributed by atoms with Crippen LogP contribution in [-0.2, 0) is 4.79 Å². The molecule has 0 bridgehead atoms. The lowest BCUT2D eigenvalue weighted by Gasteiger charge is -2.28. The van der Waals surface area contributed by atoms with Crippen molar-refractivity contribution in [3.63, 3.8) is 0 Å². The standard InChI is InChI=1S/C16H18BrN3O3/c1-3-11(2)20(10-15(21)18-14-8-9-23-19-14)16(22)12-6-4-5-7-13(12)17/h4-9,11H,3,10H2,1-2H3,(H,18,19,21)/t11-/m1/s1. The molecule has 1 aromatic carbocycles. The predicted octanol–water partition coefficient (Wildman–Crippen LogP) is 3.32. The van der Waals surface area contributed by atoms with Gasteiger partial charge >= 0.3 is 0 Å². The second kappa shape index (κ2) is 7.92. The van der Waals surface area contributed by atoms with Gasteiger partial charge in [-0.1, -0.05) is 24.2 Å². The van der Waals surface area contributed by atoms with Crippen molar-refractivity contribution in [1.82, 2.24) is 10.1 Å². The topological polar surface area (TPSA) is 75.4 Å². The van der Waals surface area contributed by atoms with E-state index in [2.05, 4.69) is 30.9 Å². The van der Waals surface area contributed by atoms with Crippen molar-refractivity contribution in [3.8, 4) is 0 Å². The molecule has 0 fully saturated rings. The van der Waals surface area contributed by atoms with Gasteiger partial charge in [-0.2, -0.15) is 0 Å². The number of carbonyl (C=O) groups is 2. The highest BCUT2D eigenvalue weighted by Crippen LogP contribution is 2.19. The van der Waals surface area contributed by atoms with Crippen LogP contribution in [0.5, 0.6) is 0 Å². The van der Waals surface area contributed by atoms with Crippen LogP contribution >= 0.6 is 15.9 Å². The number of amides is 2. The molecular formula is C16H18BrN3O3. The van der Waals surface area contributed by atoms with Crippen molar-refractivity contribution in [2.75, 3.05) is 11.9 Å². The highest BCUT2D eigenvalue weighted by Gasteiger charge is 2.24.